The second kappa shape index (κ2) is 8.40. The molecule has 1 aromatic carbocycles. The van der Waals surface area contributed by atoms with Crippen LogP contribution in [0.4, 0.5) is 5.95 Å². The number of hydrogen-bond donors (Lipinski definition) is 0. The molecule has 150 valence electrons. The SMILES string of the molecule is COCCN1C(=O)C(c2ccccc2)=C(N2CCN(c3ncccn3)CC2)C1=O. The highest BCUT2D eigenvalue weighted by Gasteiger charge is 2.41. The van der Waals surface area contributed by atoms with Crippen molar-refractivity contribution in [2.45, 2.75) is 0 Å². The molecule has 0 spiro atoms. The number of methoxy groups -OCH3 is 1. The Kier molecular flexibility index (Phi) is 5.53. The molecule has 1 saturated heterocycles. The van der Waals surface area contributed by atoms with Gasteiger partial charge in [0, 0.05) is 45.7 Å². The van der Waals surface area contributed by atoms with Crippen LogP contribution in [0.5, 0.6) is 0 Å². The van der Waals surface area contributed by atoms with Crippen LogP contribution < -0.4 is 4.90 Å². The summed E-state index contributed by atoms with van der Waals surface area (Å²) in [5, 5.41) is 0. The first kappa shape index (κ1) is 19.1. The first-order valence-corrected chi connectivity index (χ1v) is 9.62. The molecular formula is C21H23N5O3. The van der Waals surface area contributed by atoms with E-state index in [0.29, 0.717) is 50.0 Å². The van der Waals surface area contributed by atoms with Crippen LogP contribution in [0.2, 0.25) is 0 Å². The zero-order valence-corrected chi connectivity index (χ0v) is 16.3. The summed E-state index contributed by atoms with van der Waals surface area (Å²) in [5.74, 6) is 0.164. The molecule has 0 atom stereocenters. The molecule has 0 aliphatic carbocycles. The predicted molar refractivity (Wildman–Crippen MR) is 108 cm³/mol. The lowest BCUT2D eigenvalue weighted by atomic mass is 10.0. The largest absolute Gasteiger partial charge is 0.383 e. The average Bonchev–Trinajstić information content (AvgIpc) is 3.03. The highest BCUT2D eigenvalue weighted by atomic mass is 16.5. The van der Waals surface area contributed by atoms with E-state index in [0.717, 1.165) is 5.56 Å². The number of anilines is 1. The molecule has 2 aromatic rings. The van der Waals surface area contributed by atoms with Gasteiger partial charge in [0.1, 0.15) is 5.70 Å². The van der Waals surface area contributed by atoms with Gasteiger partial charge in [-0.3, -0.25) is 14.5 Å². The quantitative estimate of drug-likeness (QED) is 0.678. The monoisotopic (exact) mass is 393 g/mol. The number of ether oxygens (including phenoxy) is 1. The van der Waals surface area contributed by atoms with E-state index in [-0.39, 0.29) is 18.4 Å². The van der Waals surface area contributed by atoms with Crippen molar-refractivity contribution in [2.24, 2.45) is 0 Å². The van der Waals surface area contributed by atoms with E-state index in [1.165, 1.54) is 4.90 Å². The number of carbonyl (C=O) groups excluding carboxylic acids is 2. The van der Waals surface area contributed by atoms with Crippen molar-refractivity contribution in [2.75, 3.05) is 51.3 Å². The summed E-state index contributed by atoms with van der Waals surface area (Å²) in [6.45, 7) is 3.13. The molecular weight excluding hydrogens is 370 g/mol. The van der Waals surface area contributed by atoms with E-state index >= 15 is 0 Å². The average molecular weight is 393 g/mol. The fourth-order valence-electron chi connectivity index (χ4n) is 3.69. The molecule has 0 unspecified atom stereocenters. The van der Waals surface area contributed by atoms with Gasteiger partial charge in [-0.25, -0.2) is 9.97 Å². The topological polar surface area (TPSA) is 78.9 Å². The van der Waals surface area contributed by atoms with Crippen molar-refractivity contribution in [1.82, 2.24) is 19.8 Å². The van der Waals surface area contributed by atoms with Crippen LogP contribution in [-0.4, -0.2) is 78.0 Å². The van der Waals surface area contributed by atoms with E-state index in [1.807, 2.05) is 35.2 Å². The van der Waals surface area contributed by atoms with E-state index < -0.39 is 0 Å². The van der Waals surface area contributed by atoms with Crippen LogP contribution >= 0.6 is 0 Å². The number of imide groups is 1. The lowest BCUT2D eigenvalue weighted by Crippen LogP contribution is -2.48. The van der Waals surface area contributed by atoms with E-state index in [4.69, 9.17) is 4.74 Å². The second-order valence-corrected chi connectivity index (χ2v) is 6.87. The van der Waals surface area contributed by atoms with Gasteiger partial charge in [-0.15, -0.1) is 0 Å². The van der Waals surface area contributed by atoms with Crippen LogP contribution in [0.25, 0.3) is 5.57 Å². The van der Waals surface area contributed by atoms with Gasteiger partial charge in [0.15, 0.2) is 0 Å². The molecule has 8 nitrogen and oxygen atoms in total. The summed E-state index contributed by atoms with van der Waals surface area (Å²) in [5.41, 5.74) is 1.71. The Hall–Kier alpha value is -3.26. The van der Waals surface area contributed by atoms with Crippen molar-refractivity contribution >= 4 is 23.3 Å². The van der Waals surface area contributed by atoms with Gasteiger partial charge < -0.3 is 14.5 Å². The van der Waals surface area contributed by atoms with Crippen molar-refractivity contribution < 1.29 is 14.3 Å². The molecule has 0 bridgehead atoms. The van der Waals surface area contributed by atoms with Gasteiger partial charge in [0.2, 0.25) is 5.95 Å². The minimum atomic E-state index is -0.262. The first-order valence-electron chi connectivity index (χ1n) is 9.62. The lowest BCUT2D eigenvalue weighted by molar-refractivity contribution is -0.138. The molecule has 1 fully saturated rings. The van der Waals surface area contributed by atoms with E-state index in [9.17, 15) is 9.59 Å². The molecule has 2 amide bonds. The molecule has 2 aliphatic rings. The van der Waals surface area contributed by atoms with Gasteiger partial charge in [-0.1, -0.05) is 30.3 Å². The number of carbonyl (C=O) groups is 2. The third-order valence-electron chi connectivity index (χ3n) is 5.16. The zero-order valence-electron chi connectivity index (χ0n) is 16.3. The normalized spacial score (nSPS) is 17.5. The number of piperazine rings is 1. The van der Waals surface area contributed by atoms with Gasteiger partial charge >= 0.3 is 0 Å². The Morgan fingerprint density at radius 2 is 1.55 bits per heavy atom. The third-order valence-corrected chi connectivity index (χ3v) is 5.16. The molecule has 29 heavy (non-hydrogen) atoms. The maximum atomic E-state index is 13.2. The fourth-order valence-corrected chi connectivity index (χ4v) is 3.69. The highest BCUT2D eigenvalue weighted by molar-refractivity contribution is 6.35. The molecule has 0 radical (unpaired) electrons. The molecule has 4 rings (SSSR count). The van der Waals surface area contributed by atoms with Crippen LogP contribution in [-0.2, 0) is 14.3 Å². The Morgan fingerprint density at radius 3 is 2.21 bits per heavy atom. The lowest BCUT2D eigenvalue weighted by Gasteiger charge is -2.36. The number of rotatable bonds is 6. The molecule has 3 heterocycles. The Labute approximate surface area is 169 Å². The van der Waals surface area contributed by atoms with Crippen LogP contribution in [0.3, 0.4) is 0 Å². The molecule has 0 saturated carbocycles. The Balaban J connectivity index is 1.61. The summed E-state index contributed by atoms with van der Waals surface area (Å²) in [4.78, 5) is 40.2. The van der Waals surface area contributed by atoms with Crippen LogP contribution in [0.1, 0.15) is 5.56 Å². The summed E-state index contributed by atoms with van der Waals surface area (Å²) in [6.07, 6.45) is 3.44. The maximum absolute atomic E-state index is 13.2. The minimum absolute atomic E-state index is 0.242. The number of hydrogen-bond acceptors (Lipinski definition) is 7. The summed E-state index contributed by atoms with van der Waals surface area (Å²) < 4.78 is 5.09. The number of benzene rings is 1. The van der Waals surface area contributed by atoms with Crippen molar-refractivity contribution in [3.05, 3.63) is 60.1 Å². The van der Waals surface area contributed by atoms with Gasteiger partial charge in [-0.05, 0) is 11.6 Å². The number of nitrogens with zero attached hydrogens (tertiary/aromatic N) is 5. The standard InChI is InChI=1S/C21H23N5O3/c1-29-15-14-26-19(27)17(16-6-3-2-4-7-16)18(20(26)28)24-10-12-25(13-11-24)21-22-8-5-9-23-21/h2-9H,10-15H2,1H3. The first-order chi connectivity index (χ1) is 14.2. The van der Waals surface area contributed by atoms with Crippen LogP contribution in [0, 0.1) is 0 Å². The summed E-state index contributed by atoms with van der Waals surface area (Å²) in [7, 11) is 1.56. The smallest absolute Gasteiger partial charge is 0.277 e. The van der Waals surface area contributed by atoms with Crippen molar-refractivity contribution in [3.63, 3.8) is 0 Å². The molecule has 1 aromatic heterocycles. The third kappa shape index (κ3) is 3.71. The van der Waals surface area contributed by atoms with E-state index in [2.05, 4.69) is 14.9 Å². The minimum Gasteiger partial charge on any atom is -0.383 e. The predicted octanol–water partition coefficient (Wildman–Crippen LogP) is 1.03. The van der Waals surface area contributed by atoms with Crippen LogP contribution in [0.15, 0.2) is 54.5 Å². The highest BCUT2D eigenvalue weighted by Crippen LogP contribution is 2.32. The summed E-state index contributed by atoms with van der Waals surface area (Å²) >= 11 is 0. The van der Waals surface area contributed by atoms with Gasteiger partial charge in [0.05, 0.1) is 18.7 Å². The zero-order chi connectivity index (χ0) is 20.2. The molecule has 8 heteroatoms. The number of amides is 2. The Morgan fingerprint density at radius 1 is 0.897 bits per heavy atom. The van der Waals surface area contributed by atoms with Gasteiger partial charge in [0.25, 0.3) is 11.8 Å². The van der Waals surface area contributed by atoms with Gasteiger partial charge in [-0.2, -0.15) is 0 Å². The Bertz CT molecular complexity index is 908. The molecule has 2 aliphatic heterocycles. The summed E-state index contributed by atoms with van der Waals surface area (Å²) in [6, 6.07) is 11.2. The molecule has 0 N–H and O–H groups in total. The van der Waals surface area contributed by atoms with Crippen molar-refractivity contribution in [1.29, 1.82) is 0 Å². The van der Waals surface area contributed by atoms with Crippen molar-refractivity contribution in [3.8, 4) is 0 Å². The van der Waals surface area contributed by atoms with E-state index in [1.54, 1.807) is 25.6 Å². The fraction of sp³-hybridized carbons (Fsp3) is 0.333. The second-order valence-electron chi connectivity index (χ2n) is 6.87. The number of aromatic nitrogens is 2. The maximum Gasteiger partial charge on any atom is 0.277 e.